The molecular weight excluding hydrogens is 522 g/mol. The Morgan fingerprint density at radius 3 is 1.47 bits per heavy atom. The molecule has 13 heteroatoms. The van der Waals surface area contributed by atoms with Crippen LogP contribution in [0.4, 0.5) is 5.69 Å². The maximum absolute atomic E-state index is 9.55. The van der Waals surface area contributed by atoms with Crippen LogP contribution in [0.2, 0.25) is 5.02 Å². The van der Waals surface area contributed by atoms with Crippen molar-refractivity contribution in [2.45, 2.75) is 6.42 Å². The number of anilines is 1. The summed E-state index contributed by atoms with van der Waals surface area (Å²) in [6.45, 7) is 11.0. The number of hydrogen-bond acceptors (Lipinski definition) is 8. The van der Waals surface area contributed by atoms with Gasteiger partial charge in [-0.25, -0.2) is 19.2 Å². The standard InChI is InChI=1S/C17H26ClN3O.2C4H4O4/c18-16-2-4-17(5-3-16)21-10-8-19(9-11-21)6-1-7-20-12-14-22-15-13-20;2*5-3(6)1-2-4(7)8/h2-5H,1,6-15H2;2*1-2H,(H,5,6)(H,7,8)/b;2*2-1-. The summed E-state index contributed by atoms with van der Waals surface area (Å²) in [6.07, 6.45) is 3.50. The van der Waals surface area contributed by atoms with E-state index in [-0.39, 0.29) is 0 Å². The third-order valence-corrected chi connectivity index (χ3v) is 5.61. The summed E-state index contributed by atoms with van der Waals surface area (Å²) in [5.41, 5.74) is 1.29. The van der Waals surface area contributed by atoms with Gasteiger partial charge in [0.2, 0.25) is 0 Å². The highest BCUT2D eigenvalue weighted by Crippen LogP contribution is 2.19. The molecule has 0 aromatic heterocycles. The van der Waals surface area contributed by atoms with Gasteiger partial charge in [0.25, 0.3) is 0 Å². The fraction of sp³-hybridized carbons (Fsp3) is 0.440. The minimum atomic E-state index is -1.26. The van der Waals surface area contributed by atoms with Gasteiger partial charge < -0.3 is 30.1 Å². The number of halogens is 1. The molecule has 4 N–H and O–H groups in total. The second kappa shape index (κ2) is 18.7. The molecule has 2 heterocycles. The van der Waals surface area contributed by atoms with Gasteiger partial charge in [0.1, 0.15) is 0 Å². The van der Waals surface area contributed by atoms with Crippen LogP contribution in [0.1, 0.15) is 6.42 Å². The lowest BCUT2D eigenvalue weighted by Gasteiger charge is -2.36. The average Bonchev–Trinajstić information content (AvgIpc) is 2.89. The number of piperazine rings is 1. The number of rotatable bonds is 9. The van der Waals surface area contributed by atoms with Crippen molar-refractivity contribution < 1.29 is 44.3 Å². The van der Waals surface area contributed by atoms with Crippen LogP contribution in [-0.2, 0) is 23.9 Å². The number of benzene rings is 1. The third kappa shape index (κ3) is 16.3. The van der Waals surface area contributed by atoms with E-state index in [1.54, 1.807) is 0 Å². The summed E-state index contributed by atoms with van der Waals surface area (Å²) in [6, 6.07) is 8.20. The summed E-state index contributed by atoms with van der Waals surface area (Å²) in [5, 5.41) is 32.1. The van der Waals surface area contributed by atoms with E-state index in [1.165, 1.54) is 25.2 Å². The molecule has 0 aliphatic carbocycles. The molecule has 0 spiro atoms. The first kappa shape index (κ1) is 32.6. The lowest BCUT2D eigenvalue weighted by atomic mass is 10.2. The Labute approximate surface area is 226 Å². The first-order valence-corrected chi connectivity index (χ1v) is 12.3. The first-order valence-electron chi connectivity index (χ1n) is 11.9. The molecule has 2 fully saturated rings. The second-order valence-electron chi connectivity index (χ2n) is 8.13. The number of morpholine rings is 1. The maximum atomic E-state index is 9.55. The van der Waals surface area contributed by atoms with Crippen LogP contribution >= 0.6 is 11.6 Å². The van der Waals surface area contributed by atoms with Gasteiger partial charge in [-0.05, 0) is 43.8 Å². The van der Waals surface area contributed by atoms with E-state index in [9.17, 15) is 19.2 Å². The second-order valence-corrected chi connectivity index (χ2v) is 8.57. The average molecular weight is 556 g/mol. The van der Waals surface area contributed by atoms with E-state index in [2.05, 4.69) is 26.8 Å². The van der Waals surface area contributed by atoms with Crippen LogP contribution in [0.5, 0.6) is 0 Å². The molecule has 0 saturated carbocycles. The van der Waals surface area contributed by atoms with Crippen LogP contribution in [0.15, 0.2) is 48.6 Å². The molecule has 2 saturated heterocycles. The zero-order chi connectivity index (χ0) is 28.3. The Kier molecular flexibility index (Phi) is 16.1. The van der Waals surface area contributed by atoms with E-state index in [0.717, 1.165) is 57.5 Å². The predicted octanol–water partition coefficient (Wildman–Crippen LogP) is 1.61. The summed E-state index contributed by atoms with van der Waals surface area (Å²) in [7, 11) is 0. The molecule has 1 aromatic carbocycles. The molecule has 12 nitrogen and oxygen atoms in total. The SMILES string of the molecule is Clc1ccc(N2CCN(CCCN3CCOCC3)CC2)cc1.O=C(O)/C=C\C(=O)O.O=C(O)/C=C\C(=O)O. The topological polar surface area (TPSA) is 168 Å². The quantitative estimate of drug-likeness (QED) is 0.325. The van der Waals surface area contributed by atoms with E-state index < -0.39 is 23.9 Å². The molecule has 0 atom stereocenters. The fourth-order valence-electron chi connectivity index (χ4n) is 3.51. The minimum absolute atomic E-state index is 0.558. The van der Waals surface area contributed by atoms with Crippen molar-refractivity contribution in [1.29, 1.82) is 0 Å². The minimum Gasteiger partial charge on any atom is -0.478 e. The Morgan fingerprint density at radius 2 is 1.08 bits per heavy atom. The number of carboxylic acid groups (broad SMARTS) is 4. The maximum Gasteiger partial charge on any atom is 0.328 e. The monoisotopic (exact) mass is 555 g/mol. The van der Waals surface area contributed by atoms with Crippen molar-refractivity contribution in [3.63, 3.8) is 0 Å². The van der Waals surface area contributed by atoms with E-state index in [1.807, 2.05) is 12.1 Å². The number of ether oxygens (including phenoxy) is 1. The Morgan fingerprint density at radius 1 is 0.684 bits per heavy atom. The Hall–Kier alpha value is -3.45. The van der Waals surface area contributed by atoms with E-state index in [4.69, 9.17) is 36.8 Å². The normalized spacial score (nSPS) is 16.3. The van der Waals surface area contributed by atoms with Crippen LogP contribution in [-0.4, -0.2) is 120 Å². The molecule has 2 aliphatic rings. The highest BCUT2D eigenvalue weighted by atomic mass is 35.5. The third-order valence-electron chi connectivity index (χ3n) is 5.35. The molecule has 38 heavy (non-hydrogen) atoms. The van der Waals surface area contributed by atoms with Gasteiger partial charge in [-0.15, -0.1) is 0 Å². The number of aliphatic carboxylic acids is 4. The molecule has 0 bridgehead atoms. The van der Waals surface area contributed by atoms with Crippen LogP contribution in [0.25, 0.3) is 0 Å². The van der Waals surface area contributed by atoms with Crippen LogP contribution < -0.4 is 4.90 Å². The molecule has 2 aliphatic heterocycles. The van der Waals surface area contributed by atoms with Crippen LogP contribution in [0, 0.1) is 0 Å². The summed E-state index contributed by atoms with van der Waals surface area (Å²) in [5.74, 6) is -5.03. The van der Waals surface area contributed by atoms with Crippen molar-refractivity contribution in [3.05, 3.63) is 53.6 Å². The lowest BCUT2D eigenvalue weighted by molar-refractivity contribution is -0.134. The van der Waals surface area contributed by atoms with Gasteiger partial charge in [-0.3, -0.25) is 9.80 Å². The van der Waals surface area contributed by atoms with Gasteiger partial charge in [0.15, 0.2) is 0 Å². The highest BCUT2D eigenvalue weighted by Gasteiger charge is 2.17. The number of hydrogen-bond donors (Lipinski definition) is 4. The van der Waals surface area contributed by atoms with Crippen molar-refractivity contribution in [3.8, 4) is 0 Å². The van der Waals surface area contributed by atoms with Gasteiger partial charge in [0, 0.05) is 74.3 Å². The molecule has 0 unspecified atom stereocenters. The lowest BCUT2D eigenvalue weighted by Crippen LogP contribution is -2.47. The van der Waals surface area contributed by atoms with Gasteiger partial charge in [-0.1, -0.05) is 11.6 Å². The van der Waals surface area contributed by atoms with Crippen molar-refractivity contribution in [2.24, 2.45) is 0 Å². The molecule has 210 valence electrons. The zero-order valence-corrected chi connectivity index (χ0v) is 21.7. The van der Waals surface area contributed by atoms with Crippen molar-refractivity contribution in [1.82, 2.24) is 9.80 Å². The fourth-order valence-corrected chi connectivity index (χ4v) is 3.64. The number of nitrogens with zero attached hydrogens (tertiary/aromatic N) is 3. The van der Waals surface area contributed by atoms with Gasteiger partial charge in [0.05, 0.1) is 13.2 Å². The first-order chi connectivity index (χ1) is 18.1. The largest absolute Gasteiger partial charge is 0.478 e. The molecule has 0 amide bonds. The number of carbonyl (C=O) groups is 4. The molecule has 3 rings (SSSR count). The predicted molar refractivity (Wildman–Crippen MR) is 141 cm³/mol. The van der Waals surface area contributed by atoms with Gasteiger partial charge >= 0.3 is 23.9 Å². The smallest absolute Gasteiger partial charge is 0.328 e. The van der Waals surface area contributed by atoms with E-state index >= 15 is 0 Å². The molecule has 1 aromatic rings. The summed E-state index contributed by atoms with van der Waals surface area (Å²) < 4.78 is 5.39. The van der Waals surface area contributed by atoms with Crippen molar-refractivity contribution >= 4 is 41.2 Å². The van der Waals surface area contributed by atoms with Gasteiger partial charge in [-0.2, -0.15) is 0 Å². The number of carboxylic acids is 4. The summed E-state index contributed by atoms with van der Waals surface area (Å²) in [4.78, 5) is 45.8. The van der Waals surface area contributed by atoms with Crippen LogP contribution in [0.3, 0.4) is 0 Å². The van der Waals surface area contributed by atoms with Crippen molar-refractivity contribution in [2.75, 3.05) is 70.5 Å². The summed E-state index contributed by atoms with van der Waals surface area (Å²) >= 11 is 5.96. The Balaban J connectivity index is 0.000000374. The molecule has 0 radical (unpaired) electrons. The molecular formula is C25H34ClN3O9. The highest BCUT2D eigenvalue weighted by molar-refractivity contribution is 6.30. The Bertz CT molecular complexity index is 874. The van der Waals surface area contributed by atoms with E-state index in [0.29, 0.717) is 24.3 Å². The zero-order valence-electron chi connectivity index (χ0n) is 20.9.